The molecule has 0 saturated heterocycles. The lowest BCUT2D eigenvalue weighted by atomic mass is 9.65. The van der Waals surface area contributed by atoms with Gasteiger partial charge < -0.3 is 15.0 Å². The van der Waals surface area contributed by atoms with Gasteiger partial charge in [-0.1, -0.05) is 140 Å². The molecule has 252 valence electrons. The van der Waals surface area contributed by atoms with Crippen molar-refractivity contribution < 1.29 is 4.74 Å². The molecule has 5 aliphatic rings. The molecule has 1 spiro atoms. The number of ether oxygens (including phenoxy) is 1. The number of fused-ring (bicyclic) bond motifs is 16. The van der Waals surface area contributed by atoms with E-state index in [2.05, 4.69) is 174 Å². The zero-order valence-electron chi connectivity index (χ0n) is 29.2. The fourth-order valence-corrected chi connectivity index (χ4v) is 10.5. The van der Waals surface area contributed by atoms with Crippen LogP contribution in [0.2, 0.25) is 0 Å². The fraction of sp³-hybridized carbons (Fsp3) is 0.120. The van der Waals surface area contributed by atoms with E-state index < -0.39 is 5.41 Å². The molecular formula is C50H36N2O. The first-order valence-electron chi connectivity index (χ1n) is 19.0. The predicted molar refractivity (Wildman–Crippen MR) is 215 cm³/mol. The van der Waals surface area contributed by atoms with E-state index in [0.717, 1.165) is 36.3 Å². The minimum absolute atomic E-state index is 0.145. The van der Waals surface area contributed by atoms with Gasteiger partial charge in [0, 0.05) is 22.3 Å². The molecule has 2 unspecified atom stereocenters. The van der Waals surface area contributed by atoms with Crippen LogP contribution in [0, 0.1) is 0 Å². The van der Waals surface area contributed by atoms with E-state index in [1.807, 2.05) is 0 Å². The molecule has 53 heavy (non-hydrogen) atoms. The second kappa shape index (κ2) is 10.8. The van der Waals surface area contributed by atoms with Crippen LogP contribution in [0.1, 0.15) is 58.6 Å². The Morgan fingerprint density at radius 2 is 1.21 bits per heavy atom. The van der Waals surface area contributed by atoms with Crippen molar-refractivity contribution in [1.29, 1.82) is 0 Å². The fourth-order valence-electron chi connectivity index (χ4n) is 10.5. The summed E-state index contributed by atoms with van der Waals surface area (Å²) < 4.78 is 7.03. The molecule has 2 aliphatic carbocycles. The number of para-hydroxylation sites is 5. The number of hydrogen-bond donors (Lipinski definition) is 1. The number of allylic oxidation sites excluding steroid dienone is 1. The standard InChI is InChI=1S/C50H36N2O/c1-4-19-40-36(15-1)37-16-2-5-20-41(37)50(40)42-21-6-10-26-47(42)53-48-34(18-12-22-43(48)50)33-14-11-13-31(29-33)32-27-28-35-38-17-3-8-24-45(38)52-46-25-9-7-23-44(46)51-49(52)39(35)30-32/h1-26,29,32,49,51H,27-28,30H2. The lowest BCUT2D eigenvalue weighted by molar-refractivity contribution is 0.438. The van der Waals surface area contributed by atoms with Gasteiger partial charge in [0.2, 0.25) is 0 Å². The van der Waals surface area contributed by atoms with Crippen LogP contribution in [0.4, 0.5) is 17.1 Å². The molecule has 3 nitrogen and oxygen atoms in total. The van der Waals surface area contributed by atoms with E-state index in [-0.39, 0.29) is 6.17 Å². The number of benzene rings is 7. The third-order valence-corrected chi connectivity index (χ3v) is 12.7. The molecule has 0 amide bonds. The molecule has 0 aromatic heterocycles. The Kier molecular flexibility index (Phi) is 5.99. The van der Waals surface area contributed by atoms with Crippen molar-refractivity contribution in [3.63, 3.8) is 0 Å². The zero-order valence-corrected chi connectivity index (χ0v) is 29.2. The third kappa shape index (κ3) is 3.89. The van der Waals surface area contributed by atoms with Crippen LogP contribution >= 0.6 is 0 Å². The van der Waals surface area contributed by atoms with Crippen molar-refractivity contribution in [2.45, 2.75) is 36.8 Å². The first kappa shape index (κ1) is 29.3. The van der Waals surface area contributed by atoms with Gasteiger partial charge in [-0.05, 0) is 94.0 Å². The van der Waals surface area contributed by atoms with Crippen molar-refractivity contribution in [1.82, 2.24) is 0 Å². The Labute approximate surface area is 309 Å². The second-order valence-electron chi connectivity index (χ2n) is 15.1. The summed E-state index contributed by atoms with van der Waals surface area (Å²) in [4.78, 5) is 2.53. The lowest BCUT2D eigenvalue weighted by Crippen LogP contribution is -2.39. The highest BCUT2D eigenvalue weighted by atomic mass is 16.5. The summed E-state index contributed by atoms with van der Waals surface area (Å²) >= 11 is 0. The average molecular weight is 681 g/mol. The average Bonchev–Trinajstić information content (AvgIpc) is 3.76. The monoisotopic (exact) mass is 680 g/mol. The van der Waals surface area contributed by atoms with E-state index >= 15 is 0 Å². The maximum absolute atomic E-state index is 7.03. The van der Waals surface area contributed by atoms with Gasteiger partial charge in [0.1, 0.15) is 17.7 Å². The highest BCUT2D eigenvalue weighted by molar-refractivity contribution is 5.95. The van der Waals surface area contributed by atoms with E-state index in [4.69, 9.17) is 4.74 Å². The minimum Gasteiger partial charge on any atom is -0.456 e. The molecule has 7 aromatic rings. The highest BCUT2D eigenvalue weighted by Gasteiger charge is 2.51. The first-order valence-corrected chi connectivity index (χ1v) is 19.0. The van der Waals surface area contributed by atoms with Crippen molar-refractivity contribution >= 4 is 22.6 Å². The Balaban J connectivity index is 0.978. The molecular weight excluding hydrogens is 645 g/mol. The van der Waals surface area contributed by atoms with Gasteiger partial charge in [0.25, 0.3) is 0 Å². The van der Waals surface area contributed by atoms with Crippen LogP contribution in [-0.4, -0.2) is 6.17 Å². The number of anilines is 3. The van der Waals surface area contributed by atoms with Crippen LogP contribution in [-0.2, 0) is 5.41 Å². The summed E-state index contributed by atoms with van der Waals surface area (Å²) in [6.45, 7) is 0. The van der Waals surface area contributed by atoms with Gasteiger partial charge in [0.05, 0.1) is 22.5 Å². The Bertz CT molecular complexity index is 2660. The highest BCUT2D eigenvalue weighted by Crippen LogP contribution is 2.63. The second-order valence-corrected chi connectivity index (χ2v) is 15.1. The topological polar surface area (TPSA) is 24.5 Å². The van der Waals surface area contributed by atoms with Gasteiger partial charge >= 0.3 is 0 Å². The summed E-state index contributed by atoms with van der Waals surface area (Å²) in [5.74, 6) is 2.30. The number of nitrogens with one attached hydrogen (secondary N) is 1. The molecule has 0 fully saturated rings. The molecule has 3 heterocycles. The molecule has 0 bridgehead atoms. The SMILES string of the molecule is c1cc(-c2cccc3c2Oc2ccccc2C32c3ccccc3-c3ccccc32)cc(C2CCC3=C(C2)C2Nc4ccccc4N2c2ccccc23)c1. The maximum atomic E-state index is 7.03. The summed E-state index contributed by atoms with van der Waals surface area (Å²) in [5, 5.41) is 3.92. The van der Waals surface area contributed by atoms with Crippen molar-refractivity contribution in [2.75, 3.05) is 10.2 Å². The zero-order chi connectivity index (χ0) is 34.7. The lowest BCUT2D eigenvalue weighted by Gasteiger charge is -2.41. The summed E-state index contributed by atoms with van der Waals surface area (Å²) in [6, 6.07) is 60.4. The number of nitrogens with zero attached hydrogens (tertiary/aromatic N) is 1. The molecule has 0 radical (unpaired) electrons. The van der Waals surface area contributed by atoms with Crippen LogP contribution in [0.5, 0.6) is 11.5 Å². The largest absolute Gasteiger partial charge is 0.456 e. The summed E-state index contributed by atoms with van der Waals surface area (Å²) in [5.41, 5.74) is 19.2. The summed E-state index contributed by atoms with van der Waals surface area (Å²) in [6.07, 6.45) is 3.38. The van der Waals surface area contributed by atoms with E-state index in [1.54, 1.807) is 0 Å². The van der Waals surface area contributed by atoms with E-state index in [0.29, 0.717) is 5.92 Å². The summed E-state index contributed by atoms with van der Waals surface area (Å²) in [7, 11) is 0. The van der Waals surface area contributed by atoms with Crippen molar-refractivity contribution in [3.05, 3.63) is 203 Å². The molecule has 3 heteroatoms. The minimum atomic E-state index is -0.466. The van der Waals surface area contributed by atoms with Crippen molar-refractivity contribution in [2.24, 2.45) is 0 Å². The first-order chi connectivity index (χ1) is 26.3. The van der Waals surface area contributed by atoms with Gasteiger partial charge in [-0.15, -0.1) is 0 Å². The number of hydrogen-bond acceptors (Lipinski definition) is 3. The smallest absolute Gasteiger partial charge is 0.140 e. The molecule has 1 N–H and O–H groups in total. The van der Waals surface area contributed by atoms with Crippen LogP contribution in [0.15, 0.2) is 169 Å². The molecule has 3 aliphatic heterocycles. The molecule has 0 saturated carbocycles. The predicted octanol–water partition coefficient (Wildman–Crippen LogP) is 12.4. The van der Waals surface area contributed by atoms with E-state index in [1.165, 1.54) is 78.3 Å². The normalized spacial score (nSPS) is 19.1. The third-order valence-electron chi connectivity index (χ3n) is 12.7. The molecule has 2 atom stereocenters. The number of rotatable bonds is 2. The maximum Gasteiger partial charge on any atom is 0.140 e. The van der Waals surface area contributed by atoms with Gasteiger partial charge in [-0.2, -0.15) is 0 Å². The van der Waals surface area contributed by atoms with Gasteiger partial charge in [-0.25, -0.2) is 0 Å². The van der Waals surface area contributed by atoms with Gasteiger partial charge in [-0.3, -0.25) is 0 Å². The van der Waals surface area contributed by atoms with Gasteiger partial charge in [0.15, 0.2) is 0 Å². The van der Waals surface area contributed by atoms with Crippen molar-refractivity contribution in [3.8, 4) is 33.8 Å². The Morgan fingerprint density at radius 3 is 2.04 bits per heavy atom. The van der Waals surface area contributed by atoms with Crippen LogP contribution in [0.25, 0.3) is 27.8 Å². The quantitative estimate of drug-likeness (QED) is 0.197. The Hall–Kier alpha value is -6.32. The molecule has 7 aromatic carbocycles. The Morgan fingerprint density at radius 1 is 0.566 bits per heavy atom. The van der Waals surface area contributed by atoms with E-state index in [9.17, 15) is 0 Å². The van der Waals surface area contributed by atoms with Crippen LogP contribution < -0.4 is 15.0 Å². The van der Waals surface area contributed by atoms with Crippen LogP contribution in [0.3, 0.4) is 0 Å². The molecule has 12 rings (SSSR count).